The van der Waals surface area contributed by atoms with Gasteiger partial charge in [-0.2, -0.15) is 0 Å². The van der Waals surface area contributed by atoms with Gasteiger partial charge in [0.2, 0.25) is 5.91 Å². The van der Waals surface area contributed by atoms with E-state index in [1.807, 2.05) is 6.92 Å². The summed E-state index contributed by atoms with van der Waals surface area (Å²) in [7, 11) is 0. The van der Waals surface area contributed by atoms with Gasteiger partial charge >= 0.3 is 0 Å². The van der Waals surface area contributed by atoms with Gasteiger partial charge in [0.15, 0.2) is 0 Å². The number of nitrogens with zero attached hydrogens (tertiary/aromatic N) is 1. The molecule has 2 aliphatic rings. The number of hydrogen-bond acceptors (Lipinski definition) is 5. The molecule has 1 fully saturated rings. The van der Waals surface area contributed by atoms with Gasteiger partial charge in [-0.25, -0.2) is 0 Å². The quantitative estimate of drug-likeness (QED) is 0.654. The van der Waals surface area contributed by atoms with Crippen LogP contribution in [0.25, 0.3) is 0 Å². The lowest BCUT2D eigenvalue weighted by Gasteiger charge is -2.21. The molecule has 2 heterocycles. The van der Waals surface area contributed by atoms with Crippen molar-refractivity contribution in [1.82, 2.24) is 0 Å². The summed E-state index contributed by atoms with van der Waals surface area (Å²) < 4.78 is 5.59. The second kappa shape index (κ2) is 5.33. The minimum atomic E-state index is -0.423. The summed E-state index contributed by atoms with van der Waals surface area (Å²) in [5.74, 6) is -0.136. The topological polar surface area (TPSA) is 93.5 Å². The SMILES string of the molecule is CC(Nc1cc2c(cc1[N+](=O)[O-])CC(=O)N2)C1CCCO1. The molecule has 2 N–H and O–H groups in total. The number of nitro benzene ring substituents is 1. The van der Waals surface area contributed by atoms with Crippen LogP contribution < -0.4 is 10.6 Å². The highest BCUT2D eigenvalue weighted by Gasteiger charge is 2.28. The Morgan fingerprint density at radius 3 is 3.00 bits per heavy atom. The molecule has 3 rings (SSSR count). The van der Waals surface area contributed by atoms with Gasteiger partial charge in [-0.1, -0.05) is 0 Å². The molecule has 112 valence electrons. The summed E-state index contributed by atoms with van der Waals surface area (Å²) in [6, 6.07) is 3.09. The maximum Gasteiger partial charge on any atom is 0.292 e. The molecular weight excluding hydrogens is 274 g/mol. The lowest BCUT2D eigenvalue weighted by atomic mass is 10.1. The second-order valence-corrected chi connectivity index (χ2v) is 5.49. The standard InChI is InChI=1S/C14H17N3O4/c1-8(13-3-2-4-21-13)15-11-7-10-9(6-14(18)16-10)5-12(11)17(19)20/h5,7-8,13,15H,2-4,6H2,1H3,(H,16,18). The van der Waals surface area contributed by atoms with Gasteiger partial charge in [0.25, 0.3) is 5.69 Å². The first-order chi connectivity index (χ1) is 10.0. The van der Waals surface area contributed by atoms with Gasteiger partial charge in [-0.3, -0.25) is 14.9 Å². The Balaban J connectivity index is 1.88. The Morgan fingerprint density at radius 1 is 1.52 bits per heavy atom. The van der Waals surface area contributed by atoms with E-state index in [1.165, 1.54) is 6.07 Å². The smallest absolute Gasteiger partial charge is 0.292 e. The summed E-state index contributed by atoms with van der Waals surface area (Å²) in [4.78, 5) is 22.2. The number of nitrogens with one attached hydrogen (secondary N) is 2. The number of carbonyl (C=O) groups is 1. The van der Waals surface area contributed by atoms with Crippen molar-refractivity contribution in [3.05, 3.63) is 27.8 Å². The Labute approximate surface area is 121 Å². The van der Waals surface area contributed by atoms with Crippen molar-refractivity contribution in [1.29, 1.82) is 0 Å². The predicted octanol–water partition coefficient (Wildman–Crippen LogP) is 2.07. The van der Waals surface area contributed by atoms with Crippen molar-refractivity contribution >= 4 is 23.0 Å². The zero-order chi connectivity index (χ0) is 15.0. The predicted molar refractivity (Wildman–Crippen MR) is 77.5 cm³/mol. The monoisotopic (exact) mass is 291 g/mol. The molecule has 2 atom stereocenters. The number of amides is 1. The number of anilines is 2. The molecule has 2 aliphatic heterocycles. The normalized spacial score (nSPS) is 21.8. The summed E-state index contributed by atoms with van der Waals surface area (Å²) in [6.45, 7) is 2.69. The van der Waals surface area contributed by atoms with Crippen molar-refractivity contribution in [3.8, 4) is 0 Å². The van der Waals surface area contributed by atoms with Crippen molar-refractivity contribution in [2.75, 3.05) is 17.2 Å². The Morgan fingerprint density at radius 2 is 2.33 bits per heavy atom. The van der Waals surface area contributed by atoms with Crippen LogP contribution in [0, 0.1) is 10.1 Å². The molecule has 21 heavy (non-hydrogen) atoms. The van der Waals surface area contributed by atoms with E-state index in [4.69, 9.17) is 4.74 Å². The summed E-state index contributed by atoms with van der Waals surface area (Å²) >= 11 is 0. The number of fused-ring (bicyclic) bond motifs is 1. The first kappa shape index (κ1) is 13.8. The minimum absolute atomic E-state index is 0.00454. The lowest BCUT2D eigenvalue weighted by Crippen LogP contribution is -2.30. The average Bonchev–Trinajstić information content (AvgIpc) is 3.05. The minimum Gasteiger partial charge on any atom is -0.376 e. The van der Waals surface area contributed by atoms with E-state index >= 15 is 0 Å². The fourth-order valence-electron chi connectivity index (χ4n) is 2.86. The van der Waals surface area contributed by atoms with Crippen LogP contribution in [0.4, 0.5) is 17.1 Å². The maximum atomic E-state index is 11.4. The molecule has 1 saturated heterocycles. The maximum absolute atomic E-state index is 11.4. The highest BCUT2D eigenvalue weighted by molar-refractivity contribution is 6.00. The Bertz CT molecular complexity index is 596. The van der Waals surface area contributed by atoms with Gasteiger partial charge in [-0.15, -0.1) is 0 Å². The molecular formula is C14H17N3O4. The highest BCUT2D eigenvalue weighted by Crippen LogP contribution is 2.35. The third-order valence-corrected chi connectivity index (χ3v) is 3.95. The second-order valence-electron chi connectivity index (χ2n) is 5.49. The van der Waals surface area contributed by atoms with Gasteiger partial charge in [0.05, 0.1) is 17.4 Å². The Hall–Kier alpha value is -2.15. The fraction of sp³-hybridized carbons (Fsp3) is 0.500. The van der Waals surface area contributed by atoms with E-state index in [1.54, 1.807) is 6.07 Å². The molecule has 1 aromatic rings. The molecule has 7 nitrogen and oxygen atoms in total. The number of hydrogen-bond donors (Lipinski definition) is 2. The van der Waals surface area contributed by atoms with E-state index in [0.717, 1.165) is 19.4 Å². The van der Waals surface area contributed by atoms with Crippen molar-refractivity contribution < 1.29 is 14.5 Å². The van der Waals surface area contributed by atoms with Crippen molar-refractivity contribution in [3.63, 3.8) is 0 Å². The van der Waals surface area contributed by atoms with Crippen LogP contribution in [0.1, 0.15) is 25.3 Å². The van der Waals surface area contributed by atoms with Crippen LogP contribution in [0.3, 0.4) is 0 Å². The third kappa shape index (κ3) is 2.69. The van der Waals surface area contributed by atoms with Crippen LogP contribution in [0.5, 0.6) is 0 Å². The Kier molecular flexibility index (Phi) is 3.50. The first-order valence-electron chi connectivity index (χ1n) is 7.04. The summed E-state index contributed by atoms with van der Waals surface area (Å²) in [5.41, 5.74) is 1.73. The molecule has 0 aliphatic carbocycles. The third-order valence-electron chi connectivity index (χ3n) is 3.95. The lowest BCUT2D eigenvalue weighted by molar-refractivity contribution is -0.384. The zero-order valence-electron chi connectivity index (χ0n) is 11.7. The van der Waals surface area contributed by atoms with Crippen LogP contribution in [-0.4, -0.2) is 29.6 Å². The van der Waals surface area contributed by atoms with E-state index in [2.05, 4.69) is 10.6 Å². The molecule has 0 saturated carbocycles. The molecule has 1 amide bonds. The number of rotatable bonds is 4. The van der Waals surface area contributed by atoms with Crippen molar-refractivity contribution in [2.24, 2.45) is 0 Å². The zero-order valence-corrected chi connectivity index (χ0v) is 11.7. The van der Waals surface area contributed by atoms with E-state index in [0.29, 0.717) is 16.9 Å². The van der Waals surface area contributed by atoms with Gasteiger partial charge < -0.3 is 15.4 Å². The van der Waals surface area contributed by atoms with Crippen molar-refractivity contribution in [2.45, 2.75) is 38.3 Å². The van der Waals surface area contributed by atoms with Gasteiger partial charge in [-0.05, 0) is 31.4 Å². The fourth-order valence-corrected chi connectivity index (χ4v) is 2.86. The number of nitro groups is 1. The molecule has 0 spiro atoms. The molecule has 0 bridgehead atoms. The van der Waals surface area contributed by atoms with Crippen LogP contribution in [-0.2, 0) is 16.0 Å². The summed E-state index contributed by atoms with van der Waals surface area (Å²) in [6.07, 6.45) is 2.22. The number of carbonyl (C=O) groups excluding carboxylic acids is 1. The van der Waals surface area contributed by atoms with E-state index < -0.39 is 4.92 Å². The van der Waals surface area contributed by atoms with Crippen LogP contribution in [0.15, 0.2) is 12.1 Å². The highest BCUT2D eigenvalue weighted by atomic mass is 16.6. The van der Waals surface area contributed by atoms with Gasteiger partial charge in [0, 0.05) is 24.4 Å². The van der Waals surface area contributed by atoms with E-state index in [-0.39, 0.29) is 30.2 Å². The van der Waals surface area contributed by atoms with Crippen LogP contribution >= 0.6 is 0 Å². The molecule has 0 radical (unpaired) electrons. The number of benzene rings is 1. The molecule has 1 aromatic carbocycles. The van der Waals surface area contributed by atoms with Gasteiger partial charge in [0.1, 0.15) is 5.69 Å². The van der Waals surface area contributed by atoms with Crippen LogP contribution in [0.2, 0.25) is 0 Å². The molecule has 7 heteroatoms. The summed E-state index contributed by atoms with van der Waals surface area (Å²) in [5, 5.41) is 17.1. The largest absolute Gasteiger partial charge is 0.376 e. The molecule has 0 aromatic heterocycles. The number of ether oxygens (including phenoxy) is 1. The van der Waals surface area contributed by atoms with E-state index in [9.17, 15) is 14.9 Å². The average molecular weight is 291 g/mol. The first-order valence-corrected chi connectivity index (χ1v) is 7.04. The molecule has 2 unspecified atom stereocenters.